The largest absolute Gasteiger partial charge is 0.354 e. The lowest BCUT2D eigenvalue weighted by Crippen LogP contribution is -2.50. The Balaban J connectivity index is 2.34. The minimum absolute atomic E-state index is 0.0659. The van der Waals surface area contributed by atoms with Crippen LogP contribution in [0.5, 0.6) is 0 Å². The number of halogens is 1. The lowest BCUT2D eigenvalue weighted by Gasteiger charge is -2.31. The molecule has 0 aliphatic carbocycles. The van der Waals surface area contributed by atoms with Crippen molar-refractivity contribution in [1.29, 1.82) is 0 Å². The highest BCUT2D eigenvalue weighted by Gasteiger charge is 2.29. The standard InChI is InChI=1S/C22H27FN2O2/c1-3-14-24-22(27)20(15-17-10-6-5-7-11-17)25(21(26)4-2)16-18-12-8-9-13-19(18)23/h5-13,20H,3-4,14-16H2,1-2H3,(H,24,27). The first-order valence-corrected chi connectivity index (χ1v) is 9.41. The summed E-state index contributed by atoms with van der Waals surface area (Å²) in [6.07, 6.45) is 1.44. The average Bonchev–Trinajstić information content (AvgIpc) is 2.70. The van der Waals surface area contributed by atoms with E-state index in [1.165, 1.54) is 11.0 Å². The smallest absolute Gasteiger partial charge is 0.243 e. The van der Waals surface area contributed by atoms with Crippen LogP contribution in [0.4, 0.5) is 4.39 Å². The van der Waals surface area contributed by atoms with E-state index in [4.69, 9.17) is 0 Å². The molecule has 2 rings (SSSR count). The molecular weight excluding hydrogens is 343 g/mol. The molecule has 2 aromatic rings. The minimum atomic E-state index is -0.689. The Labute approximate surface area is 160 Å². The van der Waals surface area contributed by atoms with Crippen molar-refractivity contribution in [1.82, 2.24) is 10.2 Å². The number of hydrogen-bond acceptors (Lipinski definition) is 2. The Morgan fingerprint density at radius 3 is 2.33 bits per heavy atom. The zero-order valence-corrected chi connectivity index (χ0v) is 16.0. The van der Waals surface area contributed by atoms with E-state index >= 15 is 0 Å². The van der Waals surface area contributed by atoms with Gasteiger partial charge in [-0.3, -0.25) is 9.59 Å². The van der Waals surface area contributed by atoms with E-state index in [0.29, 0.717) is 18.5 Å². The van der Waals surface area contributed by atoms with Gasteiger partial charge in [0.1, 0.15) is 11.9 Å². The van der Waals surface area contributed by atoms with Crippen molar-refractivity contribution in [2.45, 2.75) is 45.7 Å². The SMILES string of the molecule is CCCNC(=O)C(Cc1ccccc1)N(Cc1ccccc1F)C(=O)CC. The van der Waals surface area contributed by atoms with Crippen molar-refractivity contribution >= 4 is 11.8 Å². The zero-order chi connectivity index (χ0) is 19.6. The summed E-state index contributed by atoms with van der Waals surface area (Å²) in [5.74, 6) is -0.761. The number of benzene rings is 2. The summed E-state index contributed by atoms with van der Waals surface area (Å²) in [7, 11) is 0. The van der Waals surface area contributed by atoms with Gasteiger partial charge in [-0.1, -0.05) is 62.4 Å². The van der Waals surface area contributed by atoms with Crippen LogP contribution in [-0.2, 0) is 22.6 Å². The molecule has 4 nitrogen and oxygen atoms in total. The molecule has 1 N–H and O–H groups in total. The quantitative estimate of drug-likeness (QED) is 0.732. The fraction of sp³-hybridized carbons (Fsp3) is 0.364. The van der Waals surface area contributed by atoms with E-state index < -0.39 is 6.04 Å². The van der Waals surface area contributed by atoms with Crippen molar-refractivity contribution in [3.63, 3.8) is 0 Å². The van der Waals surface area contributed by atoms with Crippen molar-refractivity contribution < 1.29 is 14.0 Å². The Morgan fingerprint density at radius 2 is 1.70 bits per heavy atom. The van der Waals surface area contributed by atoms with E-state index in [2.05, 4.69) is 5.32 Å². The van der Waals surface area contributed by atoms with E-state index in [-0.39, 0.29) is 30.6 Å². The first-order chi connectivity index (χ1) is 13.1. The number of nitrogens with one attached hydrogen (secondary N) is 1. The van der Waals surface area contributed by atoms with Gasteiger partial charge in [-0.2, -0.15) is 0 Å². The predicted molar refractivity (Wildman–Crippen MR) is 104 cm³/mol. The van der Waals surface area contributed by atoms with Gasteiger partial charge in [0.05, 0.1) is 0 Å². The van der Waals surface area contributed by atoms with E-state index in [1.54, 1.807) is 25.1 Å². The summed E-state index contributed by atoms with van der Waals surface area (Å²) in [4.78, 5) is 27.0. The summed E-state index contributed by atoms with van der Waals surface area (Å²) < 4.78 is 14.2. The third-order valence-electron chi connectivity index (χ3n) is 4.42. The maximum Gasteiger partial charge on any atom is 0.243 e. The molecule has 0 bridgehead atoms. The van der Waals surface area contributed by atoms with Crippen LogP contribution in [0.15, 0.2) is 54.6 Å². The minimum Gasteiger partial charge on any atom is -0.354 e. The molecule has 5 heteroatoms. The molecule has 2 aromatic carbocycles. The maximum atomic E-state index is 14.2. The molecule has 0 radical (unpaired) electrons. The lowest BCUT2D eigenvalue weighted by atomic mass is 10.0. The summed E-state index contributed by atoms with van der Waals surface area (Å²) in [5.41, 5.74) is 1.36. The Bertz CT molecular complexity index is 749. The average molecular weight is 370 g/mol. The molecular formula is C22H27FN2O2. The first-order valence-electron chi connectivity index (χ1n) is 9.41. The molecule has 0 fully saturated rings. The van der Waals surface area contributed by atoms with Gasteiger partial charge in [-0.25, -0.2) is 4.39 Å². The Hall–Kier alpha value is -2.69. The molecule has 0 aromatic heterocycles. The summed E-state index contributed by atoms with van der Waals surface area (Å²) in [5, 5.41) is 2.89. The summed E-state index contributed by atoms with van der Waals surface area (Å²) in [6.45, 7) is 4.33. The molecule has 0 saturated heterocycles. The number of carbonyl (C=O) groups excluding carboxylic acids is 2. The number of amides is 2. The normalized spacial score (nSPS) is 11.7. The van der Waals surface area contributed by atoms with Gasteiger partial charge < -0.3 is 10.2 Å². The number of rotatable bonds is 9. The van der Waals surface area contributed by atoms with Gasteiger partial charge in [-0.15, -0.1) is 0 Å². The number of nitrogens with zero attached hydrogens (tertiary/aromatic N) is 1. The van der Waals surface area contributed by atoms with Crippen molar-refractivity contribution in [2.24, 2.45) is 0 Å². The van der Waals surface area contributed by atoms with E-state index in [1.807, 2.05) is 37.3 Å². The first kappa shape index (κ1) is 20.6. The Morgan fingerprint density at radius 1 is 1.04 bits per heavy atom. The van der Waals surface area contributed by atoms with Gasteiger partial charge in [0.2, 0.25) is 11.8 Å². The maximum absolute atomic E-state index is 14.2. The van der Waals surface area contributed by atoms with Gasteiger partial charge in [0.15, 0.2) is 0 Å². The molecule has 0 spiro atoms. The number of carbonyl (C=O) groups is 2. The fourth-order valence-corrected chi connectivity index (χ4v) is 2.93. The molecule has 0 aliphatic rings. The topological polar surface area (TPSA) is 49.4 Å². The van der Waals surface area contributed by atoms with Crippen LogP contribution in [0, 0.1) is 5.82 Å². The highest BCUT2D eigenvalue weighted by Crippen LogP contribution is 2.17. The van der Waals surface area contributed by atoms with Crippen molar-refractivity contribution in [2.75, 3.05) is 6.54 Å². The second-order valence-electron chi connectivity index (χ2n) is 6.46. The Kier molecular flexibility index (Phi) is 7.99. The molecule has 27 heavy (non-hydrogen) atoms. The lowest BCUT2D eigenvalue weighted by molar-refractivity contribution is -0.141. The molecule has 144 valence electrons. The predicted octanol–water partition coefficient (Wildman–Crippen LogP) is 3.70. The number of hydrogen-bond donors (Lipinski definition) is 1. The molecule has 0 heterocycles. The van der Waals surface area contributed by atoms with Crippen LogP contribution in [0.25, 0.3) is 0 Å². The van der Waals surface area contributed by atoms with Gasteiger partial charge in [0.25, 0.3) is 0 Å². The highest BCUT2D eigenvalue weighted by atomic mass is 19.1. The highest BCUT2D eigenvalue weighted by molar-refractivity contribution is 5.87. The van der Waals surface area contributed by atoms with E-state index in [9.17, 15) is 14.0 Å². The van der Waals surface area contributed by atoms with Crippen LogP contribution < -0.4 is 5.32 Å². The van der Waals surface area contributed by atoms with E-state index in [0.717, 1.165) is 12.0 Å². The van der Waals surface area contributed by atoms with Crippen LogP contribution in [0.2, 0.25) is 0 Å². The molecule has 0 saturated carbocycles. The van der Waals surface area contributed by atoms with Crippen molar-refractivity contribution in [3.05, 3.63) is 71.5 Å². The second-order valence-corrected chi connectivity index (χ2v) is 6.46. The third kappa shape index (κ3) is 5.91. The molecule has 0 aliphatic heterocycles. The monoisotopic (exact) mass is 370 g/mol. The third-order valence-corrected chi connectivity index (χ3v) is 4.42. The van der Waals surface area contributed by atoms with Crippen molar-refractivity contribution in [3.8, 4) is 0 Å². The van der Waals surface area contributed by atoms with Gasteiger partial charge in [0, 0.05) is 31.5 Å². The van der Waals surface area contributed by atoms with Gasteiger partial charge >= 0.3 is 0 Å². The molecule has 2 amide bonds. The van der Waals surface area contributed by atoms with Crippen LogP contribution in [-0.4, -0.2) is 29.3 Å². The molecule has 1 unspecified atom stereocenters. The summed E-state index contributed by atoms with van der Waals surface area (Å²) in [6, 6.07) is 15.2. The van der Waals surface area contributed by atoms with Gasteiger partial charge in [-0.05, 0) is 18.1 Å². The zero-order valence-electron chi connectivity index (χ0n) is 16.0. The van der Waals surface area contributed by atoms with Crippen LogP contribution in [0.3, 0.4) is 0 Å². The van der Waals surface area contributed by atoms with Crippen LogP contribution >= 0.6 is 0 Å². The fourth-order valence-electron chi connectivity index (χ4n) is 2.93. The second kappa shape index (κ2) is 10.5. The summed E-state index contributed by atoms with van der Waals surface area (Å²) >= 11 is 0. The van der Waals surface area contributed by atoms with Crippen LogP contribution in [0.1, 0.15) is 37.8 Å². The molecule has 1 atom stereocenters.